The normalized spacial score (nSPS) is 13.8. The number of anilines is 1. The quantitative estimate of drug-likeness (QED) is 0.274. The van der Waals surface area contributed by atoms with Crippen molar-refractivity contribution in [1.82, 2.24) is 20.0 Å². The van der Waals surface area contributed by atoms with E-state index in [1.54, 1.807) is 62.0 Å². The van der Waals surface area contributed by atoms with E-state index in [0.717, 1.165) is 16.9 Å². The fourth-order valence-electron chi connectivity index (χ4n) is 4.37. The molecule has 0 atom stereocenters. The molecule has 0 radical (unpaired) electrons. The first-order valence-corrected chi connectivity index (χ1v) is 13.0. The van der Waals surface area contributed by atoms with Crippen molar-refractivity contribution >= 4 is 28.7 Å². The topological polar surface area (TPSA) is 129 Å². The van der Waals surface area contributed by atoms with Gasteiger partial charge in [0.2, 0.25) is 6.79 Å². The number of fused-ring (bicyclic) bond motifs is 1. The molecular weight excluding hydrogens is 514 g/mol. The molecule has 4 aromatic rings. The zero-order chi connectivity index (χ0) is 28.3. The third-order valence-electron chi connectivity index (χ3n) is 6.52. The lowest BCUT2D eigenvalue weighted by atomic mass is 9.98. The van der Waals surface area contributed by atoms with Crippen LogP contribution in [0.1, 0.15) is 36.7 Å². The summed E-state index contributed by atoms with van der Waals surface area (Å²) in [5.74, 6) is -0.306. The second-order valence-electron chi connectivity index (χ2n) is 10.6. The van der Waals surface area contributed by atoms with Gasteiger partial charge in [-0.15, -0.1) is 5.10 Å². The van der Waals surface area contributed by atoms with Crippen LogP contribution in [0.25, 0.3) is 22.2 Å². The number of rotatable bonds is 7. The first-order chi connectivity index (χ1) is 19.2. The summed E-state index contributed by atoms with van der Waals surface area (Å²) in [6.07, 6.45) is 1.80. The summed E-state index contributed by atoms with van der Waals surface area (Å²) in [4.78, 5) is 42.8. The molecule has 0 saturated carbocycles. The number of morpholine rings is 1. The van der Waals surface area contributed by atoms with E-state index < -0.39 is 24.1 Å². The number of nitrogens with one attached hydrogen (secondary N) is 1. The predicted octanol–water partition coefficient (Wildman–Crippen LogP) is 3.38. The van der Waals surface area contributed by atoms with E-state index in [2.05, 4.69) is 20.2 Å². The van der Waals surface area contributed by atoms with E-state index in [9.17, 15) is 14.4 Å². The molecular formula is C29H31N5O6. The fourth-order valence-corrected chi connectivity index (χ4v) is 4.37. The number of esters is 2. The highest BCUT2D eigenvalue weighted by Gasteiger charge is 2.23. The van der Waals surface area contributed by atoms with Crippen molar-refractivity contribution in [1.29, 1.82) is 0 Å². The highest BCUT2D eigenvalue weighted by atomic mass is 16.7. The van der Waals surface area contributed by atoms with Crippen LogP contribution in [-0.2, 0) is 25.5 Å². The molecule has 0 spiro atoms. The van der Waals surface area contributed by atoms with Gasteiger partial charge in [-0.1, -0.05) is 29.5 Å². The van der Waals surface area contributed by atoms with Crippen molar-refractivity contribution in [3.8, 4) is 11.3 Å². The first kappa shape index (κ1) is 27.1. The average Bonchev–Trinajstić information content (AvgIpc) is 3.41. The molecule has 1 saturated heterocycles. The van der Waals surface area contributed by atoms with Crippen LogP contribution in [0.4, 0.5) is 5.82 Å². The number of benzene rings is 2. The predicted molar refractivity (Wildman–Crippen MR) is 148 cm³/mol. The number of ether oxygens (including phenoxy) is 3. The number of nitrogens with zero attached hydrogens (tertiary/aromatic N) is 4. The van der Waals surface area contributed by atoms with Gasteiger partial charge in [0.15, 0.2) is 5.43 Å². The number of para-hydroxylation sites is 1. The maximum Gasteiger partial charge on any atom is 0.341 e. The van der Waals surface area contributed by atoms with Gasteiger partial charge in [0, 0.05) is 30.1 Å². The molecule has 11 heteroatoms. The lowest BCUT2D eigenvalue weighted by molar-refractivity contribution is -0.161. The van der Waals surface area contributed by atoms with Crippen molar-refractivity contribution in [2.45, 2.75) is 27.3 Å². The molecule has 1 aliphatic rings. The highest BCUT2D eigenvalue weighted by molar-refractivity contribution is 5.93. The fraction of sp³-hybridized carbons (Fsp3) is 0.345. The van der Waals surface area contributed by atoms with Gasteiger partial charge < -0.3 is 24.1 Å². The number of pyridine rings is 1. The number of H-pyrrole nitrogens is 1. The molecule has 208 valence electrons. The molecule has 1 fully saturated rings. The Morgan fingerprint density at radius 2 is 1.82 bits per heavy atom. The zero-order valence-electron chi connectivity index (χ0n) is 22.7. The molecule has 0 unspecified atom stereocenters. The van der Waals surface area contributed by atoms with Crippen LogP contribution in [0.15, 0.2) is 59.5 Å². The van der Waals surface area contributed by atoms with Crippen molar-refractivity contribution < 1.29 is 23.8 Å². The summed E-state index contributed by atoms with van der Waals surface area (Å²) in [6.45, 7) is 7.69. The Balaban J connectivity index is 1.32. The molecule has 0 aliphatic carbocycles. The maximum absolute atomic E-state index is 12.9. The molecule has 0 bridgehead atoms. The van der Waals surface area contributed by atoms with E-state index in [1.807, 2.05) is 18.2 Å². The Kier molecular flexibility index (Phi) is 7.65. The van der Waals surface area contributed by atoms with Gasteiger partial charge in [0.1, 0.15) is 11.5 Å². The zero-order valence-corrected chi connectivity index (χ0v) is 22.7. The number of hydrogen-bond donors (Lipinski definition) is 1. The number of aromatic amines is 1. The number of hydrogen-bond acceptors (Lipinski definition) is 9. The number of carbonyl (C=O) groups is 2. The molecule has 11 nitrogen and oxygen atoms in total. The minimum absolute atomic E-state index is 0.0682. The Bertz CT molecular complexity index is 1600. The molecule has 1 N–H and O–H groups in total. The van der Waals surface area contributed by atoms with Crippen LogP contribution in [0.5, 0.6) is 0 Å². The van der Waals surface area contributed by atoms with Gasteiger partial charge in [-0.2, -0.15) is 0 Å². The van der Waals surface area contributed by atoms with Gasteiger partial charge >= 0.3 is 11.9 Å². The van der Waals surface area contributed by atoms with E-state index in [-0.39, 0.29) is 5.43 Å². The molecule has 3 heterocycles. The monoisotopic (exact) mass is 545 g/mol. The minimum atomic E-state index is -0.685. The largest absolute Gasteiger partial charge is 0.427 e. The summed E-state index contributed by atoms with van der Waals surface area (Å²) in [5, 5.41) is 9.20. The summed E-state index contributed by atoms with van der Waals surface area (Å²) in [5.41, 5.74) is 2.44. The molecule has 2 aromatic carbocycles. The van der Waals surface area contributed by atoms with Crippen molar-refractivity contribution in [2.24, 2.45) is 5.41 Å². The Morgan fingerprint density at radius 1 is 1.05 bits per heavy atom. The van der Waals surface area contributed by atoms with Crippen molar-refractivity contribution in [2.75, 3.05) is 38.0 Å². The lowest BCUT2D eigenvalue weighted by Crippen LogP contribution is -2.37. The SMILES string of the molecule is CC(C)(C)C(=O)OCOC(=O)c1cccc(Cn2cc(-c3cccc4c(=O)cc(N5CCOCC5)[nH]c34)nn2)c1. The average molecular weight is 546 g/mol. The van der Waals surface area contributed by atoms with Crippen LogP contribution in [0, 0.1) is 5.41 Å². The van der Waals surface area contributed by atoms with E-state index in [0.29, 0.717) is 55.0 Å². The Hall–Kier alpha value is -4.51. The molecule has 1 aliphatic heterocycles. The van der Waals surface area contributed by atoms with E-state index in [1.165, 1.54) is 0 Å². The van der Waals surface area contributed by atoms with Crippen molar-refractivity contribution in [3.05, 3.63) is 76.1 Å². The van der Waals surface area contributed by atoms with Crippen LogP contribution in [0.2, 0.25) is 0 Å². The van der Waals surface area contributed by atoms with Crippen LogP contribution >= 0.6 is 0 Å². The number of aromatic nitrogens is 4. The third-order valence-corrected chi connectivity index (χ3v) is 6.52. The summed E-state index contributed by atoms with van der Waals surface area (Å²) < 4.78 is 17.2. The van der Waals surface area contributed by atoms with E-state index in [4.69, 9.17) is 14.2 Å². The van der Waals surface area contributed by atoms with Crippen LogP contribution < -0.4 is 10.3 Å². The Morgan fingerprint density at radius 3 is 2.60 bits per heavy atom. The minimum Gasteiger partial charge on any atom is -0.427 e. The molecule has 5 rings (SSSR count). The molecule has 40 heavy (non-hydrogen) atoms. The number of carbonyl (C=O) groups excluding carboxylic acids is 2. The first-order valence-electron chi connectivity index (χ1n) is 13.0. The van der Waals surface area contributed by atoms with Gasteiger partial charge in [-0.25, -0.2) is 9.48 Å². The third kappa shape index (κ3) is 6.04. The summed E-state index contributed by atoms with van der Waals surface area (Å²) >= 11 is 0. The second-order valence-corrected chi connectivity index (χ2v) is 10.6. The highest BCUT2D eigenvalue weighted by Crippen LogP contribution is 2.26. The van der Waals surface area contributed by atoms with Crippen molar-refractivity contribution in [3.63, 3.8) is 0 Å². The maximum atomic E-state index is 12.9. The van der Waals surface area contributed by atoms with Gasteiger partial charge in [-0.05, 0) is 44.5 Å². The Labute approximate surface area is 230 Å². The summed E-state index contributed by atoms with van der Waals surface area (Å²) in [7, 11) is 0. The van der Waals surface area contributed by atoms with Gasteiger partial charge in [0.25, 0.3) is 0 Å². The van der Waals surface area contributed by atoms with E-state index >= 15 is 0 Å². The molecule has 0 amide bonds. The van der Waals surface area contributed by atoms with Crippen LogP contribution in [-0.4, -0.2) is 65.0 Å². The lowest BCUT2D eigenvalue weighted by Gasteiger charge is -2.28. The second kappa shape index (κ2) is 11.3. The van der Waals surface area contributed by atoms with Gasteiger partial charge in [-0.3, -0.25) is 9.59 Å². The molecule has 2 aromatic heterocycles. The van der Waals surface area contributed by atoms with Crippen LogP contribution in [0.3, 0.4) is 0 Å². The van der Waals surface area contributed by atoms with Gasteiger partial charge in [0.05, 0.1) is 42.5 Å². The smallest absolute Gasteiger partial charge is 0.341 e. The standard InChI is InChI=1S/C29H31N5O6/c1-29(2,3)28(37)40-18-39-27(36)20-7-4-6-19(14-20)16-34-17-23(31-32-34)21-8-5-9-22-24(35)15-25(30-26(21)22)33-10-12-38-13-11-33/h4-9,14-15,17H,10-13,16,18H2,1-3H3,(H,30,35). The summed E-state index contributed by atoms with van der Waals surface area (Å²) in [6, 6.07) is 14.1.